The molecule has 0 radical (unpaired) electrons. The van der Waals surface area contributed by atoms with Gasteiger partial charge in [-0.15, -0.1) is 0 Å². The van der Waals surface area contributed by atoms with Crippen molar-refractivity contribution in [1.29, 1.82) is 0 Å². The monoisotopic (exact) mass is 350 g/mol. The smallest absolute Gasteiger partial charge is 0.254 e. The predicted molar refractivity (Wildman–Crippen MR) is 81.5 cm³/mol. The molecule has 2 amide bonds. The van der Waals surface area contributed by atoms with Crippen molar-refractivity contribution >= 4 is 33.4 Å². The summed E-state index contributed by atoms with van der Waals surface area (Å²) in [5.41, 5.74) is 0.525. The zero-order valence-electron chi connectivity index (χ0n) is 10.9. The zero-order chi connectivity index (χ0) is 15.2. The van der Waals surface area contributed by atoms with Gasteiger partial charge in [-0.25, -0.2) is 4.39 Å². The van der Waals surface area contributed by atoms with Crippen molar-refractivity contribution in [2.45, 2.75) is 0 Å². The summed E-state index contributed by atoms with van der Waals surface area (Å²) in [6.07, 6.45) is 0. The minimum Gasteiger partial charge on any atom is -0.343 e. The molecule has 4 nitrogen and oxygen atoms in total. The average Bonchev–Trinajstić information content (AvgIpc) is 2.48. The van der Waals surface area contributed by atoms with E-state index < -0.39 is 11.7 Å². The maximum absolute atomic E-state index is 13.4. The van der Waals surface area contributed by atoms with E-state index in [0.717, 1.165) is 4.47 Å². The van der Waals surface area contributed by atoms with Gasteiger partial charge in [-0.3, -0.25) is 9.59 Å². The van der Waals surface area contributed by atoms with E-state index in [-0.39, 0.29) is 18.0 Å². The van der Waals surface area contributed by atoms with Crippen LogP contribution in [0.25, 0.3) is 0 Å². The molecule has 21 heavy (non-hydrogen) atoms. The van der Waals surface area contributed by atoms with Gasteiger partial charge in [-0.1, -0.05) is 28.1 Å². The number of amides is 2. The van der Waals surface area contributed by atoms with Crippen LogP contribution in [-0.4, -0.2) is 18.4 Å². The second-order valence-electron chi connectivity index (χ2n) is 4.22. The van der Waals surface area contributed by atoms with Crippen LogP contribution < -0.4 is 10.6 Å². The highest BCUT2D eigenvalue weighted by Gasteiger charge is 2.11. The topological polar surface area (TPSA) is 58.2 Å². The molecular formula is C15H12BrFN2O2. The third kappa shape index (κ3) is 4.39. The number of hydrogen-bond donors (Lipinski definition) is 2. The highest BCUT2D eigenvalue weighted by Crippen LogP contribution is 2.13. The Hall–Kier alpha value is -2.21. The van der Waals surface area contributed by atoms with E-state index in [4.69, 9.17) is 0 Å². The Balaban J connectivity index is 1.88. The molecule has 0 atom stereocenters. The van der Waals surface area contributed by atoms with Crippen LogP contribution in [-0.2, 0) is 4.79 Å². The van der Waals surface area contributed by atoms with Crippen LogP contribution in [0.2, 0.25) is 0 Å². The van der Waals surface area contributed by atoms with Gasteiger partial charge < -0.3 is 10.6 Å². The molecular weight excluding hydrogens is 339 g/mol. The number of halogens is 2. The average molecular weight is 351 g/mol. The molecule has 0 aromatic heterocycles. The van der Waals surface area contributed by atoms with E-state index in [9.17, 15) is 14.0 Å². The Morgan fingerprint density at radius 2 is 1.71 bits per heavy atom. The molecule has 0 fully saturated rings. The molecule has 6 heteroatoms. The van der Waals surface area contributed by atoms with Gasteiger partial charge in [0.1, 0.15) is 5.82 Å². The second kappa shape index (κ2) is 6.99. The van der Waals surface area contributed by atoms with Crippen molar-refractivity contribution in [2.75, 3.05) is 11.9 Å². The van der Waals surface area contributed by atoms with Gasteiger partial charge in [0.2, 0.25) is 5.91 Å². The molecule has 0 heterocycles. The van der Waals surface area contributed by atoms with Crippen LogP contribution in [0.4, 0.5) is 10.1 Å². The molecule has 2 rings (SSSR count). The number of nitrogens with one attached hydrogen (secondary N) is 2. The highest BCUT2D eigenvalue weighted by atomic mass is 79.9. The molecule has 0 aliphatic heterocycles. The summed E-state index contributed by atoms with van der Waals surface area (Å²) in [7, 11) is 0. The lowest BCUT2D eigenvalue weighted by Crippen LogP contribution is -2.33. The fourth-order valence-electron chi connectivity index (χ4n) is 1.64. The SMILES string of the molecule is O=C(CNC(=O)c1ccccc1F)Nc1ccc(Br)cc1. The maximum Gasteiger partial charge on any atom is 0.254 e. The number of anilines is 1. The molecule has 2 aromatic rings. The van der Waals surface area contributed by atoms with Gasteiger partial charge in [-0.05, 0) is 36.4 Å². The highest BCUT2D eigenvalue weighted by molar-refractivity contribution is 9.10. The normalized spacial score (nSPS) is 10.0. The first-order chi connectivity index (χ1) is 10.1. The van der Waals surface area contributed by atoms with Crippen molar-refractivity contribution in [1.82, 2.24) is 5.32 Å². The molecule has 108 valence electrons. The summed E-state index contributed by atoms with van der Waals surface area (Å²) in [6.45, 7) is -0.233. The van der Waals surface area contributed by atoms with Crippen molar-refractivity contribution in [3.05, 3.63) is 64.4 Å². The first kappa shape index (κ1) is 15.2. The molecule has 0 bridgehead atoms. The van der Waals surface area contributed by atoms with Crippen molar-refractivity contribution in [3.63, 3.8) is 0 Å². The second-order valence-corrected chi connectivity index (χ2v) is 5.13. The third-order valence-electron chi connectivity index (χ3n) is 2.66. The van der Waals surface area contributed by atoms with Crippen LogP contribution in [0.5, 0.6) is 0 Å². The molecule has 0 aliphatic carbocycles. The van der Waals surface area contributed by atoms with E-state index in [1.165, 1.54) is 18.2 Å². The van der Waals surface area contributed by atoms with E-state index >= 15 is 0 Å². The van der Waals surface area contributed by atoms with E-state index in [0.29, 0.717) is 5.69 Å². The Bertz CT molecular complexity index is 659. The fourth-order valence-corrected chi connectivity index (χ4v) is 1.90. The molecule has 0 spiro atoms. The lowest BCUT2D eigenvalue weighted by Gasteiger charge is -2.07. The van der Waals surface area contributed by atoms with Gasteiger partial charge in [0.05, 0.1) is 12.1 Å². The summed E-state index contributed by atoms with van der Waals surface area (Å²) in [4.78, 5) is 23.4. The predicted octanol–water partition coefficient (Wildman–Crippen LogP) is 2.96. The Kier molecular flexibility index (Phi) is 5.05. The summed E-state index contributed by atoms with van der Waals surface area (Å²) < 4.78 is 14.3. The standard InChI is InChI=1S/C15H12BrFN2O2/c16-10-5-7-11(8-6-10)19-14(20)9-18-15(21)12-3-1-2-4-13(12)17/h1-8H,9H2,(H,18,21)(H,19,20). The van der Waals surface area contributed by atoms with Gasteiger partial charge in [0.25, 0.3) is 5.91 Å². The summed E-state index contributed by atoms with van der Waals surface area (Å²) in [5, 5.41) is 4.99. The van der Waals surface area contributed by atoms with Crippen LogP contribution in [0.15, 0.2) is 53.0 Å². The van der Waals surface area contributed by atoms with Gasteiger partial charge in [0.15, 0.2) is 0 Å². The van der Waals surface area contributed by atoms with Crippen LogP contribution >= 0.6 is 15.9 Å². The molecule has 0 aliphatic rings. The maximum atomic E-state index is 13.4. The summed E-state index contributed by atoms with van der Waals surface area (Å²) in [5.74, 6) is -1.63. The van der Waals surface area contributed by atoms with Crippen molar-refractivity contribution in [3.8, 4) is 0 Å². The summed E-state index contributed by atoms with van der Waals surface area (Å²) >= 11 is 3.29. The third-order valence-corrected chi connectivity index (χ3v) is 3.18. The van der Waals surface area contributed by atoms with Gasteiger partial charge in [-0.2, -0.15) is 0 Å². The molecule has 2 N–H and O–H groups in total. The first-order valence-corrected chi connectivity index (χ1v) is 6.94. The number of carbonyl (C=O) groups is 2. The lowest BCUT2D eigenvalue weighted by atomic mass is 10.2. The largest absolute Gasteiger partial charge is 0.343 e. The number of carbonyl (C=O) groups excluding carboxylic acids is 2. The van der Waals surface area contributed by atoms with E-state index in [1.54, 1.807) is 30.3 Å². The first-order valence-electron chi connectivity index (χ1n) is 6.14. The van der Waals surface area contributed by atoms with Crippen LogP contribution in [0, 0.1) is 5.82 Å². The van der Waals surface area contributed by atoms with Crippen molar-refractivity contribution in [2.24, 2.45) is 0 Å². The Morgan fingerprint density at radius 3 is 2.38 bits per heavy atom. The number of rotatable bonds is 4. The fraction of sp³-hybridized carbons (Fsp3) is 0.0667. The number of hydrogen-bond acceptors (Lipinski definition) is 2. The molecule has 0 saturated heterocycles. The van der Waals surface area contributed by atoms with Crippen molar-refractivity contribution < 1.29 is 14.0 Å². The van der Waals surface area contributed by atoms with Crippen LogP contribution in [0.1, 0.15) is 10.4 Å². The molecule has 0 unspecified atom stereocenters. The minimum absolute atomic E-state index is 0.0889. The Morgan fingerprint density at radius 1 is 1.05 bits per heavy atom. The summed E-state index contributed by atoms with van der Waals surface area (Å²) in [6, 6.07) is 12.6. The number of benzene rings is 2. The zero-order valence-corrected chi connectivity index (χ0v) is 12.5. The molecule has 0 saturated carbocycles. The van der Waals surface area contributed by atoms with E-state index in [1.807, 2.05) is 0 Å². The van der Waals surface area contributed by atoms with Crippen LogP contribution in [0.3, 0.4) is 0 Å². The lowest BCUT2D eigenvalue weighted by molar-refractivity contribution is -0.115. The Labute approximate surface area is 129 Å². The van der Waals surface area contributed by atoms with Gasteiger partial charge >= 0.3 is 0 Å². The molecule has 2 aromatic carbocycles. The quantitative estimate of drug-likeness (QED) is 0.890. The van der Waals surface area contributed by atoms with Gasteiger partial charge in [0, 0.05) is 10.2 Å². The van der Waals surface area contributed by atoms with E-state index in [2.05, 4.69) is 26.6 Å². The minimum atomic E-state index is -0.626.